The van der Waals surface area contributed by atoms with Crippen LogP contribution in [0.1, 0.15) is 18.3 Å². The maximum absolute atomic E-state index is 13.3. The summed E-state index contributed by atoms with van der Waals surface area (Å²) in [7, 11) is -6.73. The first kappa shape index (κ1) is 34.9. The van der Waals surface area contributed by atoms with Gasteiger partial charge < -0.3 is 9.30 Å². The van der Waals surface area contributed by atoms with E-state index in [-0.39, 0.29) is 11.5 Å². The lowest BCUT2D eigenvalue weighted by Gasteiger charge is -2.27. The summed E-state index contributed by atoms with van der Waals surface area (Å²) in [4.78, 5) is 4.72. The third kappa shape index (κ3) is 7.64. The molecule has 0 aliphatic carbocycles. The van der Waals surface area contributed by atoms with Crippen LogP contribution in [-0.2, 0) is 16.6 Å². The number of aromatic nitrogens is 2. The van der Waals surface area contributed by atoms with Gasteiger partial charge in [0.15, 0.2) is 0 Å². The molecular weight excluding hydrogens is 703 g/mol. The van der Waals surface area contributed by atoms with Gasteiger partial charge in [-0.25, -0.2) is 4.98 Å². The molecule has 250 valence electrons. The third-order valence-electron chi connectivity index (χ3n) is 6.95. The third-order valence-corrected chi connectivity index (χ3v) is 8.98. The van der Waals surface area contributed by atoms with E-state index in [0.29, 0.717) is 28.7 Å². The number of sulfonamides is 1. The Kier molecular flexibility index (Phi) is 9.86. The highest BCUT2D eigenvalue weighted by molar-refractivity contribution is 7.93. The Morgan fingerprint density at radius 1 is 0.812 bits per heavy atom. The van der Waals surface area contributed by atoms with Crippen molar-refractivity contribution in [1.29, 1.82) is 0 Å². The highest BCUT2D eigenvalue weighted by Gasteiger charge is 2.58. The van der Waals surface area contributed by atoms with Gasteiger partial charge in [-0.1, -0.05) is 65.7 Å². The van der Waals surface area contributed by atoms with Crippen molar-refractivity contribution >= 4 is 51.1 Å². The predicted octanol–water partition coefficient (Wildman–Crippen LogP) is 10.7. The van der Waals surface area contributed by atoms with E-state index in [1.807, 2.05) is 60.2 Å². The molecule has 48 heavy (non-hydrogen) atoms. The first-order valence-electron chi connectivity index (χ1n) is 13.9. The number of alkyl halides is 6. The number of nitrogens with zero attached hydrogens (tertiary/aromatic N) is 3. The second-order valence-electron chi connectivity index (χ2n) is 10.2. The molecule has 0 saturated heterocycles. The van der Waals surface area contributed by atoms with Gasteiger partial charge in [-0.3, -0.25) is 0 Å². The first-order valence-corrected chi connectivity index (χ1v) is 16.1. The Bertz CT molecular complexity index is 2050. The van der Waals surface area contributed by atoms with E-state index in [9.17, 15) is 34.8 Å². The monoisotopic (exact) mass is 725 g/mol. The summed E-state index contributed by atoms with van der Waals surface area (Å²) in [6.07, 6.45) is -0.0924. The number of aryl methyl sites for hydroxylation is 1. The molecule has 0 atom stereocenters. The maximum atomic E-state index is 13.3. The van der Waals surface area contributed by atoms with Crippen LogP contribution in [-0.4, -0.2) is 29.8 Å². The predicted molar refractivity (Wildman–Crippen MR) is 174 cm³/mol. The Morgan fingerprint density at radius 2 is 1.38 bits per heavy atom. The summed E-state index contributed by atoms with van der Waals surface area (Å²) in [6, 6.07) is 22.6. The molecule has 0 aliphatic rings. The minimum Gasteiger partial charge on any atom is -0.457 e. The number of hydrogen-bond acceptors (Lipinski definition) is 4. The molecule has 15 heteroatoms. The van der Waals surface area contributed by atoms with Gasteiger partial charge in [-0.2, -0.15) is 25.9 Å². The fourth-order valence-electron chi connectivity index (χ4n) is 4.63. The molecule has 0 amide bonds. The molecule has 6 nitrogen and oxygen atoms in total. The van der Waals surface area contributed by atoms with Crippen molar-refractivity contribution in [3.8, 4) is 33.9 Å². The molecule has 0 saturated carbocycles. The summed E-state index contributed by atoms with van der Waals surface area (Å²) in [5.41, 5.74) is -3.27. The quantitative estimate of drug-likeness (QED) is 0.112. The number of rotatable bonds is 9. The van der Waals surface area contributed by atoms with E-state index in [4.69, 9.17) is 32.9 Å². The van der Waals surface area contributed by atoms with Crippen LogP contribution in [0.2, 0.25) is 10.0 Å². The van der Waals surface area contributed by atoms with Crippen molar-refractivity contribution in [1.82, 2.24) is 9.55 Å². The average molecular weight is 727 g/mol. The summed E-state index contributed by atoms with van der Waals surface area (Å²) in [5, 5.41) is 1.04. The van der Waals surface area contributed by atoms with E-state index >= 15 is 0 Å². The van der Waals surface area contributed by atoms with Crippen molar-refractivity contribution in [3.63, 3.8) is 0 Å². The van der Waals surface area contributed by atoms with Crippen molar-refractivity contribution in [2.75, 3.05) is 4.31 Å². The zero-order valence-electron chi connectivity index (χ0n) is 24.6. The standard InChI is InChI=1S/C33H23Cl2F6N3O3S/c1-2-43-20-30(28-17-10-24(34)19-29(28)35)42-31(43)18-5-21-3-6-22(7-4-21)23-8-13-26(14-9-23)47-27-15-11-25(12-16-27)44(32(36,37)38)48(45,46)33(39,40)41/h3-20H,2H2,1H3. The van der Waals surface area contributed by atoms with Gasteiger partial charge in [0.05, 0.1) is 16.4 Å². The van der Waals surface area contributed by atoms with Gasteiger partial charge in [0.2, 0.25) is 0 Å². The Labute approximate surface area is 281 Å². The van der Waals surface area contributed by atoms with E-state index in [0.717, 1.165) is 45.9 Å². The second-order valence-corrected chi connectivity index (χ2v) is 12.8. The van der Waals surface area contributed by atoms with Crippen molar-refractivity contribution in [3.05, 3.63) is 119 Å². The molecule has 5 rings (SSSR count). The fraction of sp³-hybridized carbons (Fsp3) is 0.121. The Morgan fingerprint density at radius 3 is 1.90 bits per heavy atom. The molecule has 5 aromatic rings. The topological polar surface area (TPSA) is 64.4 Å². The molecule has 0 spiro atoms. The van der Waals surface area contributed by atoms with Crippen LogP contribution >= 0.6 is 23.2 Å². The lowest BCUT2D eigenvalue weighted by atomic mass is 10.0. The van der Waals surface area contributed by atoms with Crippen LogP contribution in [0.5, 0.6) is 11.5 Å². The summed E-state index contributed by atoms with van der Waals surface area (Å²) in [6.45, 7) is 2.71. The van der Waals surface area contributed by atoms with Crippen molar-refractivity contribution in [2.45, 2.75) is 25.3 Å². The Hall–Kier alpha value is -4.46. The van der Waals surface area contributed by atoms with E-state index in [1.54, 1.807) is 36.4 Å². The van der Waals surface area contributed by atoms with E-state index in [2.05, 4.69) is 0 Å². The number of imidazole rings is 1. The molecule has 1 heterocycles. The molecule has 0 bridgehead atoms. The van der Waals surface area contributed by atoms with Gasteiger partial charge >= 0.3 is 21.8 Å². The molecule has 1 aromatic heterocycles. The van der Waals surface area contributed by atoms with Gasteiger partial charge in [0.25, 0.3) is 0 Å². The van der Waals surface area contributed by atoms with Gasteiger partial charge in [-0.15, -0.1) is 13.2 Å². The van der Waals surface area contributed by atoms with Crippen LogP contribution in [0.3, 0.4) is 0 Å². The fourth-order valence-corrected chi connectivity index (χ4v) is 6.01. The molecule has 4 aromatic carbocycles. The number of ether oxygens (including phenoxy) is 1. The van der Waals surface area contributed by atoms with Crippen LogP contribution < -0.4 is 9.04 Å². The summed E-state index contributed by atoms with van der Waals surface area (Å²) in [5.74, 6) is 1.01. The number of anilines is 1. The zero-order chi connectivity index (χ0) is 34.9. The smallest absolute Gasteiger partial charge is 0.457 e. The lowest BCUT2D eigenvalue weighted by Crippen LogP contribution is -2.49. The average Bonchev–Trinajstić information content (AvgIpc) is 3.43. The lowest BCUT2D eigenvalue weighted by molar-refractivity contribution is -0.120. The minimum absolute atomic E-state index is 0.0266. The van der Waals surface area contributed by atoms with Crippen LogP contribution in [0.4, 0.5) is 32.0 Å². The van der Waals surface area contributed by atoms with Crippen LogP contribution in [0.25, 0.3) is 34.5 Å². The summed E-state index contributed by atoms with van der Waals surface area (Å²) >= 11 is 12.4. The largest absolute Gasteiger partial charge is 0.516 e. The number of benzene rings is 4. The van der Waals surface area contributed by atoms with E-state index < -0.39 is 31.8 Å². The number of halogens is 8. The van der Waals surface area contributed by atoms with Gasteiger partial charge in [0.1, 0.15) is 17.3 Å². The molecule has 0 unspecified atom stereocenters. The minimum atomic E-state index is -6.73. The van der Waals surface area contributed by atoms with Gasteiger partial charge in [0, 0.05) is 23.3 Å². The number of hydrogen-bond donors (Lipinski definition) is 0. The van der Waals surface area contributed by atoms with Crippen molar-refractivity contribution < 1.29 is 39.5 Å². The van der Waals surface area contributed by atoms with Crippen LogP contribution in [0, 0.1) is 0 Å². The van der Waals surface area contributed by atoms with Crippen LogP contribution in [0.15, 0.2) is 97.2 Å². The normalized spacial score (nSPS) is 12.4. The van der Waals surface area contributed by atoms with E-state index in [1.165, 1.54) is 0 Å². The zero-order valence-corrected chi connectivity index (χ0v) is 26.9. The molecular formula is C33H23Cl2F6N3O3S. The first-order chi connectivity index (χ1) is 22.6. The highest BCUT2D eigenvalue weighted by atomic mass is 35.5. The molecule has 0 radical (unpaired) electrons. The Balaban J connectivity index is 1.26. The molecule has 0 fully saturated rings. The molecule has 0 aliphatic heterocycles. The molecule has 0 N–H and O–H groups in total. The SMILES string of the molecule is CCn1cc(-c2ccc(Cl)cc2Cl)nc1C=Cc1ccc(-c2ccc(Oc3ccc(N(C(F)(F)F)S(=O)(=O)C(F)(F)F)cc3)cc2)cc1. The highest BCUT2D eigenvalue weighted by Crippen LogP contribution is 2.39. The van der Waals surface area contributed by atoms with Crippen molar-refractivity contribution in [2.24, 2.45) is 0 Å². The second kappa shape index (κ2) is 13.6. The maximum Gasteiger partial charge on any atom is 0.516 e. The summed E-state index contributed by atoms with van der Waals surface area (Å²) < 4.78 is 108. The van der Waals surface area contributed by atoms with Gasteiger partial charge in [-0.05, 0) is 84.3 Å².